The molecule has 0 aromatic heterocycles. The minimum atomic E-state index is -0.876. The summed E-state index contributed by atoms with van der Waals surface area (Å²) in [5, 5.41) is 37.4. The molecule has 0 aromatic carbocycles. The van der Waals surface area contributed by atoms with E-state index in [1.54, 1.807) is 6.08 Å². The Labute approximate surface area is 97.2 Å². The van der Waals surface area contributed by atoms with Gasteiger partial charge in [0.2, 0.25) is 0 Å². The lowest BCUT2D eigenvalue weighted by molar-refractivity contribution is -0.0352. The second-order valence-corrected chi connectivity index (χ2v) is 4.38. The first kappa shape index (κ1) is 15.6. The molecular weight excluding hydrogens is 208 g/mol. The number of hydrogen-bond acceptors (Lipinski definition) is 4. The predicted molar refractivity (Wildman–Crippen MR) is 62.9 cm³/mol. The number of rotatable bonds is 9. The van der Waals surface area contributed by atoms with Gasteiger partial charge in [-0.15, -0.1) is 6.58 Å². The summed E-state index contributed by atoms with van der Waals surface area (Å²) in [6.07, 6.45) is 1.30. The summed E-state index contributed by atoms with van der Waals surface area (Å²) in [6.45, 7) is 5.38. The Balaban J connectivity index is 4.23. The SMILES string of the molecule is C=CCC(CCO)C(O)C(O)CC(C)CO. The van der Waals surface area contributed by atoms with Gasteiger partial charge in [-0.2, -0.15) is 0 Å². The first-order valence-corrected chi connectivity index (χ1v) is 5.75. The molecule has 0 saturated carbocycles. The van der Waals surface area contributed by atoms with E-state index in [1.807, 2.05) is 6.92 Å². The van der Waals surface area contributed by atoms with Crippen molar-refractivity contribution >= 4 is 0 Å². The van der Waals surface area contributed by atoms with E-state index in [0.717, 1.165) is 0 Å². The second kappa shape index (κ2) is 8.70. The third-order valence-corrected chi connectivity index (χ3v) is 2.80. The van der Waals surface area contributed by atoms with Gasteiger partial charge in [-0.25, -0.2) is 0 Å². The van der Waals surface area contributed by atoms with Crippen molar-refractivity contribution in [2.24, 2.45) is 11.8 Å². The highest BCUT2D eigenvalue weighted by Crippen LogP contribution is 2.20. The van der Waals surface area contributed by atoms with Crippen molar-refractivity contribution < 1.29 is 20.4 Å². The van der Waals surface area contributed by atoms with Gasteiger partial charge in [0.1, 0.15) is 0 Å². The van der Waals surface area contributed by atoms with E-state index < -0.39 is 12.2 Å². The summed E-state index contributed by atoms with van der Waals surface area (Å²) in [4.78, 5) is 0. The molecule has 4 N–H and O–H groups in total. The van der Waals surface area contributed by atoms with Crippen molar-refractivity contribution in [3.05, 3.63) is 12.7 Å². The van der Waals surface area contributed by atoms with Crippen LogP contribution in [0.4, 0.5) is 0 Å². The topological polar surface area (TPSA) is 80.9 Å². The smallest absolute Gasteiger partial charge is 0.0831 e. The summed E-state index contributed by atoms with van der Waals surface area (Å²) < 4.78 is 0. The average Bonchev–Trinajstić information content (AvgIpc) is 2.27. The van der Waals surface area contributed by atoms with E-state index in [1.165, 1.54) is 0 Å². The zero-order valence-corrected chi connectivity index (χ0v) is 9.92. The van der Waals surface area contributed by atoms with Crippen LogP contribution in [0.3, 0.4) is 0 Å². The minimum Gasteiger partial charge on any atom is -0.396 e. The number of allylic oxidation sites excluding steroid dienone is 1. The average molecular weight is 232 g/mol. The van der Waals surface area contributed by atoms with Crippen LogP contribution in [0.5, 0.6) is 0 Å². The van der Waals surface area contributed by atoms with Crippen molar-refractivity contribution in [2.75, 3.05) is 13.2 Å². The molecule has 0 amide bonds. The monoisotopic (exact) mass is 232 g/mol. The molecule has 4 unspecified atom stereocenters. The molecule has 0 spiro atoms. The van der Waals surface area contributed by atoms with E-state index in [9.17, 15) is 10.2 Å². The molecular formula is C12H24O4. The van der Waals surface area contributed by atoms with Crippen molar-refractivity contribution in [2.45, 2.75) is 38.4 Å². The van der Waals surface area contributed by atoms with Gasteiger partial charge in [-0.3, -0.25) is 0 Å². The Morgan fingerprint density at radius 2 is 1.88 bits per heavy atom. The van der Waals surface area contributed by atoms with E-state index >= 15 is 0 Å². The lowest BCUT2D eigenvalue weighted by Gasteiger charge is -2.27. The number of aliphatic hydroxyl groups excluding tert-OH is 4. The maximum Gasteiger partial charge on any atom is 0.0831 e. The molecule has 0 radical (unpaired) electrons. The van der Waals surface area contributed by atoms with Gasteiger partial charge in [0.15, 0.2) is 0 Å². The predicted octanol–water partition coefficient (Wildman–Crippen LogP) is 0.301. The molecule has 0 aliphatic heterocycles. The number of hydrogen-bond donors (Lipinski definition) is 4. The van der Waals surface area contributed by atoms with Gasteiger partial charge in [0.25, 0.3) is 0 Å². The van der Waals surface area contributed by atoms with Gasteiger partial charge < -0.3 is 20.4 Å². The Bertz CT molecular complexity index is 184. The summed E-state index contributed by atoms with van der Waals surface area (Å²) in [6, 6.07) is 0. The Hall–Kier alpha value is -0.420. The highest BCUT2D eigenvalue weighted by molar-refractivity contribution is 4.82. The van der Waals surface area contributed by atoms with Crippen molar-refractivity contribution in [1.29, 1.82) is 0 Å². The molecule has 0 rings (SSSR count). The van der Waals surface area contributed by atoms with Crippen molar-refractivity contribution in [3.63, 3.8) is 0 Å². The zero-order chi connectivity index (χ0) is 12.6. The molecule has 4 nitrogen and oxygen atoms in total. The fraction of sp³-hybridized carbons (Fsp3) is 0.833. The van der Waals surface area contributed by atoms with Crippen LogP contribution in [0.2, 0.25) is 0 Å². The normalized spacial score (nSPS) is 18.8. The van der Waals surface area contributed by atoms with Gasteiger partial charge in [0.05, 0.1) is 12.2 Å². The molecule has 0 bridgehead atoms. The standard InChI is InChI=1S/C12H24O4/c1-3-4-10(5-6-13)12(16)11(15)7-9(2)8-14/h3,9-16H,1,4-8H2,2H3. The zero-order valence-electron chi connectivity index (χ0n) is 9.92. The Morgan fingerprint density at radius 3 is 2.31 bits per heavy atom. The van der Waals surface area contributed by atoms with E-state index in [2.05, 4.69) is 6.58 Å². The Kier molecular flexibility index (Phi) is 8.47. The molecule has 4 atom stereocenters. The quantitative estimate of drug-likeness (QED) is 0.431. The van der Waals surface area contributed by atoms with Gasteiger partial charge in [0, 0.05) is 13.2 Å². The maximum absolute atomic E-state index is 9.89. The largest absolute Gasteiger partial charge is 0.396 e. The van der Waals surface area contributed by atoms with Crippen LogP contribution in [0.25, 0.3) is 0 Å². The molecule has 4 heteroatoms. The summed E-state index contributed by atoms with van der Waals surface area (Å²) in [5.41, 5.74) is 0. The third kappa shape index (κ3) is 5.61. The van der Waals surface area contributed by atoms with E-state index in [4.69, 9.17) is 10.2 Å². The van der Waals surface area contributed by atoms with E-state index in [0.29, 0.717) is 19.3 Å². The van der Waals surface area contributed by atoms with Crippen LogP contribution in [0.1, 0.15) is 26.2 Å². The maximum atomic E-state index is 9.89. The molecule has 0 heterocycles. The summed E-state index contributed by atoms with van der Waals surface area (Å²) in [7, 11) is 0. The van der Waals surface area contributed by atoms with Crippen molar-refractivity contribution in [1.82, 2.24) is 0 Å². The van der Waals surface area contributed by atoms with Crippen LogP contribution in [0.15, 0.2) is 12.7 Å². The molecule has 0 aliphatic carbocycles. The lowest BCUT2D eigenvalue weighted by atomic mass is 9.88. The summed E-state index contributed by atoms with van der Waals surface area (Å²) in [5.74, 6) is -0.216. The molecule has 0 saturated heterocycles. The minimum absolute atomic E-state index is 0.00406. The number of aliphatic hydroxyl groups is 4. The van der Waals surface area contributed by atoms with Crippen LogP contribution in [-0.2, 0) is 0 Å². The van der Waals surface area contributed by atoms with E-state index in [-0.39, 0.29) is 25.0 Å². The van der Waals surface area contributed by atoms with Crippen LogP contribution < -0.4 is 0 Å². The highest BCUT2D eigenvalue weighted by atomic mass is 16.3. The van der Waals surface area contributed by atoms with Crippen LogP contribution in [0, 0.1) is 11.8 Å². The van der Waals surface area contributed by atoms with Crippen LogP contribution >= 0.6 is 0 Å². The highest BCUT2D eigenvalue weighted by Gasteiger charge is 2.26. The van der Waals surface area contributed by atoms with Gasteiger partial charge in [-0.05, 0) is 31.1 Å². The van der Waals surface area contributed by atoms with Gasteiger partial charge in [-0.1, -0.05) is 13.0 Å². The molecule has 0 fully saturated rings. The molecule has 96 valence electrons. The fourth-order valence-electron chi connectivity index (χ4n) is 1.75. The van der Waals surface area contributed by atoms with Crippen LogP contribution in [-0.4, -0.2) is 45.8 Å². The molecule has 16 heavy (non-hydrogen) atoms. The summed E-state index contributed by atoms with van der Waals surface area (Å²) >= 11 is 0. The first-order valence-electron chi connectivity index (χ1n) is 5.75. The third-order valence-electron chi connectivity index (χ3n) is 2.80. The molecule has 0 aliphatic rings. The molecule has 0 aromatic rings. The lowest BCUT2D eigenvalue weighted by Crippen LogP contribution is -2.35. The fourth-order valence-corrected chi connectivity index (χ4v) is 1.75. The Morgan fingerprint density at radius 1 is 1.25 bits per heavy atom. The van der Waals surface area contributed by atoms with Gasteiger partial charge >= 0.3 is 0 Å². The second-order valence-electron chi connectivity index (χ2n) is 4.38. The van der Waals surface area contributed by atoms with Crippen molar-refractivity contribution in [3.8, 4) is 0 Å². The first-order chi connectivity index (χ1) is 7.56.